The van der Waals surface area contributed by atoms with E-state index in [2.05, 4.69) is 133 Å². The van der Waals surface area contributed by atoms with E-state index in [4.69, 9.17) is 19.2 Å². The average Bonchev–Trinajstić information content (AvgIpc) is 3.30. The Balaban J connectivity index is 0.00000199. The third kappa shape index (κ3) is 8.44. The molecule has 5 aromatic rings. The van der Waals surface area contributed by atoms with Crippen LogP contribution in [0.25, 0.3) is 44.8 Å². The van der Waals surface area contributed by atoms with Crippen LogP contribution in [-0.4, -0.2) is 35.0 Å². The fraction of sp³-hybridized carbons (Fsp3) is 0.523. The first-order valence-electron chi connectivity index (χ1n) is 26.8. The summed E-state index contributed by atoms with van der Waals surface area (Å²) in [6.07, 6.45) is 15.2. The van der Waals surface area contributed by atoms with Gasteiger partial charge >= 0.3 is 5.97 Å². The summed E-state index contributed by atoms with van der Waals surface area (Å²) < 4.78 is 19.9. The number of ether oxygens (including phenoxy) is 3. The van der Waals surface area contributed by atoms with Gasteiger partial charge in [0.25, 0.3) is 0 Å². The molecule has 11 aliphatic rings. The van der Waals surface area contributed by atoms with Gasteiger partial charge in [-0.15, -0.1) is 0 Å². The standard InChI is InChI=1S/C63H73NO5.2CH3.Zr/c1-58(2,3)43-22-50(56(65)52(24-43)61-28-37-16-38(29-61)18-39(17-37)30-61)46-12-8-10-14-48(46)54-26-45(63-67-34-60(7,35-68-63)36-69-63)27-55(64-54)49-15-11-9-13-47(49)51-23-44(59(4,5)6)25-53(57(51)66)62-31-40-19-41(32-62)21-42(20-40)33-62;;;/h8-15,22-27,37-42,65-66H,16-21,28-36H2,1-7H3;2*1H3;/q;2*-1;. The SMILES string of the molecule is CC12COC(c3cc(-c4ccccc4-c4cc(C(C)(C)C)cc(C56CC7CC(CC(C7)C5)C6)c4O)nc(-c4ccccc4-c4cc(C(C)(C)C)cc(C56CC7CC(CC(C7)C5)C6)c4O)c3)(OC1)OC2.[CH3-].[CH3-].[Zr]. The quantitative estimate of drug-likeness (QED) is 0.158. The van der Waals surface area contributed by atoms with E-state index in [-0.39, 0.29) is 68.1 Å². The van der Waals surface area contributed by atoms with Crippen molar-refractivity contribution in [3.63, 3.8) is 0 Å². The van der Waals surface area contributed by atoms with Gasteiger partial charge in [-0.25, -0.2) is 4.98 Å². The van der Waals surface area contributed by atoms with Crippen LogP contribution in [0.5, 0.6) is 11.5 Å². The molecule has 3 saturated heterocycles. The molecule has 72 heavy (non-hydrogen) atoms. The van der Waals surface area contributed by atoms with Crippen molar-refractivity contribution in [2.45, 2.75) is 153 Å². The molecule has 11 fully saturated rings. The molecule has 7 heteroatoms. The van der Waals surface area contributed by atoms with E-state index in [1.807, 2.05) is 0 Å². The molecule has 6 nitrogen and oxygen atoms in total. The summed E-state index contributed by atoms with van der Waals surface area (Å²) in [5.41, 5.74) is 12.1. The van der Waals surface area contributed by atoms with E-state index in [1.54, 1.807) is 0 Å². The van der Waals surface area contributed by atoms with Gasteiger partial charge in [-0.3, -0.25) is 0 Å². The molecule has 0 amide bonds. The van der Waals surface area contributed by atoms with Gasteiger partial charge < -0.3 is 39.3 Å². The maximum Gasteiger partial charge on any atom is 0.312 e. The van der Waals surface area contributed by atoms with Crippen molar-refractivity contribution in [2.24, 2.45) is 40.9 Å². The average molecular weight is 1050 g/mol. The Labute approximate surface area is 450 Å². The van der Waals surface area contributed by atoms with Crippen LogP contribution in [0, 0.1) is 55.8 Å². The van der Waals surface area contributed by atoms with E-state index in [1.165, 1.54) is 88.2 Å². The molecule has 380 valence electrons. The molecule has 8 saturated carbocycles. The molecule has 4 aromatic carbocycles. The van der Waals surface area contributed by atoms with Gasteiger partial charge in [0.2, 0.25) is 0 Å². The topological polar surface area (TPSA) is 81.0 Å². The Bertz CT molecular complexity index is 2630. The third-order valence-electron chi connectivity index (χ3n) is 19.2. The van der Waals surface area contributed by atoms with Crippen LogP contribution in [0.15, 0.2) is 84.9 Å². The van der Waals surface area contributed by atoms with Crippen LogP contribution in [0.3, 0.4) is 0 Å². The minimum absolute atomic E-state index is 0. The molecular weight excluding hydrogens is 966 g/mol. The van der Waals surface area contributed by atoms with Crippen molar-refractivity contribution in [1.82, 2.24) is 4.98 Å². The number of pyridine rings is 1. The second-order valence-corrected chi connectivity index (χ2v) is 26.7. The molecule has 3 aliphatic heterocycles. The van der Waals surface area contributed by atoms with Gasteiger partial charge in [-0.05, 0) is 181 Å². The predicted molar refractivity (Wildman–Crippen MR) is 287 cm³/mol. The van der Waals surface area contributed by atoms with E-state index < -0.39 is 5.97 Å². The van der Waals surface area contributed by atoms with Crippen LogP contribution in [0.1, 0.15) is 153 Å². The first-order chi connectivity index (χ1) is 32.9. The van der Waals surface area contributed by atoms with Crippen molar-refractivity contribution < 1.29 is 50.6 Å². The molecule has 2 N–H and O–H groups in total. The van der Waals surface area contributed by atoms with Gasteiger partial charge in [-0.2, -0.15) is 0 Å². The van der Waals surface area contributed by atoms with Crippen LogP contribution in [0.4, 0.5) is 0 Å². The number of aromatic hydroxyl groups is 2. The number of nitrogens with zero attached hydrogens (tertiary/aromatic N) is 1. The second-order valence-electron chi connectivity index (χ2n) is 26.7. The van der Waals surface area contributed by atoms with Crippen LogP contribution in [0.2, 0.25) is 0 Å². The zero-order chi connectivity index (χ0) is 47.5. The molecule has 8 aliphatic carbocycles. The predicted octanol–water partition coefficient (Wildman–Crippen LogP) is 15.8. The van der Waals surface area contributed by atoms with Gasteiger partial charge in [0.1, 0.15) is 11.5 Å². The second kappa shape index (κ2) is 18.0. The number of hydrogen-bond acceptors (Lipinski definition) is 6. The Kier molecular flexibility index (Phi) is 13.0. The van der Waals surface area contributed by atoms with Crippen LogP contribution in [-0.2, 0) is 68.0 Å². The maximum absolute atomic E-state index is 12.9. The zero-order valence-corrected chi connectivity index (χ0v) is 47.2. The summed E-state index contributed by atoms with van der Waals surface area (Å²) in [4.78, 5) is 5.66. The third-order valence-corrected chi connectivity index (χ3v) is 19.2. The normalized spacial score (nSPS) is 32.8. The number of phenolic OH excluding ortho intramolecular Hbond substituents is 2. The number of aromatic nitrogens is 1. The Morgan fingerprint density at radius 2 is 0.792 bits per heavy atom. The number of benzene rings is 4. The molecule has 0 radical (unpaired) electrons. The van der Waals surface area contributed by atoms with E-state index in [9.17, 15) is 10.2 Å². The summed E-state index contributed by atoms with van der Waals surface area (Å²) >= 11 is 0. The van der Waals surface area contributed by atoms with Crippen molar-refractivity contribution in [3.05, 3.63) is 128 Å². The molecule has 1 aromatic heterocycles. The largest absolute Gasteiger partial charge is 0.507 e. The minimum atomic E-state index is -1.39. The maximum atomic E-state index is 12.9. The summed E-state index contributed by atoms with van der Waals surface area (Å²) in [5.74, 6) is 3.97. The van der Waals surface area contributed by atoms with Crippen molar-refractivity contribution in [1.29, 1.82) is 0 Å². The van der Waals surface area contributed by atoms with Crippen molar-refractivity contribution in [2.75, 3.05) is 19.8 Å². The van der Waals surface area contributed by atoms with Crippen molar-refractivity contribution >= 4 is 0 Å². The van der Waals surface area contributed by atoms with Crippen molar-refractivity contribution in [3.8, 4) is 56.3 Å². The molecule has 10 bridgehead atoms. The number of hydrogen-bond donors (Lipinski definition) is 2. The smallest absolute Gasteiger partial charge is 0.312 e. The zero-order valence-electron chi connectivity index (χ0n) is 44.7. The minimum Gasteiger partial charge on any atom is -0.507 e. The molecule has 0 spiro atoms. The van der Waals surface area contributed by atoms with E-state index in [0.29, 0.717) is 31.3 Å². The van der Waals surface area contributed by atoms with E-state index in [0.717, 1.165) is 97.0 Å². The fourth-order valence-corrected chi connectivity index (χ4v) is 16.4. The first kappa shape index (κ1) is 51.9. The Morgan fingerprint density at radius 3 is 1.11 bits per heavy atom. The molecule has 16 rings (SSSR count). The molecule has 0 atom stereocenters. The van der Waals surface area contributed by atoms with Gasteiger partial charge in [-0.1, -0.05) is 109 Å². The van der Waals surface area contributed by atoms with Gasteiger partial charge in [0.15, 0.2) is 0 Å². The van der Waals surface area contributed by atoms with Crippen LogP contribution >= 0.6 is 0 Å². The Hall–Kier alpha value is -3.61. The number of fused-ring (bicyclic) bond motifs is 3. The number of rotatable bonds is 7. The fourth-order valence-electron chi connectivity index (χ4n) is 16.4. The van der Waals surface area contributed by atoms with Crippen LogP contribution < -0.4 is 0 Å². The van der Waals surface area contributed by atoms with E-state index >= 15 is 0 Å². The first-order valence-corrected chi connectivity index (χ1v) is 26.8. The summed E-state index contributed by atoms with van der Waals surface area (Å²) in [6, 6.07) is 30.4. The Morgan fingerprint density at radius 1 is 0.472 bits per heavy atom. The summed E-state index contributed by atoms with van der Waals surface area (Å²) in [7, 11) is 0. The number of phenols is 2. The summed E-state index contributed by atoms with van der Waals surface area (Å²) in [5, 5.41) is 25.8. The van der Waals surface area contributed by atoms with Gasteiger partial charge in [0.05, 0.1) is 31.2 Å². The molecule has 4 heterocycles. The van der Waals surface area contributed by atoms with Gasteiger partial charge in [0, 0.05) is 70.6 Å². The monoisotopic (exact) mass is 1040 g/mol. The summed E-state index contributed by atoms with van der Waals surface area (Å²) in [6.45, 7) is 17.5. The molecular formula is C65H79NO5Zr-2. The molecule has 0 unspecified atom stereocenters.